The third-order valence-corrected chi connectivity index (χ3v) is 3.08. The maximum Gasteiger partial charge on any atom is 0.417 e. The van der Waals surface area contributed by atoms with Gasteiger partial charge in [0, 0.05) is 0 Å². The smallest absolute Gasteiger partial charge is 0.408 e. The number of fused-ring (bicyclic) bond motifs is 1. The molecule has 1 fully saturated rings. The second-order valence-electron chi connectivity index (χ2n) is 4.46. The van der Waals surface area contributed by atoms with Crippen LogP contribution in [0, 0.1) is 5.92 Å². The highest BCUT2D eigenvalue weighted by molar-refractivity contribution is 5.72. The molecule has 1 aromatic carbocycles. The van der Waals surface area contributed by atoms with Crippen LogP contribution in [0.2, 0.25) is 0 Å². The number of nitrogens with one attached hydrogen (secondary N) is 1. The fraction of sp³-hybridized carbons (Fsp3) is 0.417. The lowest BCUT2D eigenvalue weighted by Crippen LogP contribution is -1.97. The number of H-pyrrole nitrogens is 1. The molecule has 16 heavy (non-hydrogen) atoms. The monoisotopic (exact) mass is 219 g/mol. The molecule has 1 aliphatic carbocycles. The van der Waals surface area contributed by atoms with Crippen LogP contribution in [0.4, 0.5) is 0 Å². The minimum atomic E-state index is -0.455. The van der Waals surface area contributed by atoms with Gasteiger partial charge in [0.25, 0.3) is 0 Å². The summed E-state index contributed by atoms with van der Waals surface area (Å²) < 4.78 is 4.96. The number of rotatable bonds is 3. The maximum atomic E-state index is 11.0. The first-order chi connectivity index (χ1) is 7.72. The van der Waals surface area contributed by atoms with Crippen LogP contribution in [0.25, 0.3) is 11.1 Å². The molecule has 1 atom stereocenters. The fourth-order valence-corrected chi connectivity index (χ4v) is 1.97. The van der Waals surface area contributed by atoms with Gasteiger partial charge in [-0.2, -0.15) is 0 Å². The summed E-state index contributed by atoms with van der Waals surface area (Å²) in [6.07, 6.45) is 2.80. The predicted molar refractivity (Wildman–Crippen MR) is 59.1 cm³/mol. The summed E-state index contributed by atoms with van der Waals surface area (Å²) in [6, 6.07) is 5.34. The second kappa shape index (κ2) is 3.49. The van der Waals surface area contributed by atoms with Crippen LogP contribution >= 0.6 is 0 Å². The molecule has 1 saturated carbocycles. The summed E-state index contributed by atoms with van der Waals surface area (Å²) in [4.78, 5) is 13.5. The molecule has 2 aromatic rings. The van der Waals surface area contributed by atoms with Gasteiger partial charge in [-0.3, -0.25) is 4.98 Å². The molecule has 2 N–H and O–H groups in total. The van der Waals surface area contributed by atoms with Crippen LogP contribution in [-0.2, 0) is 0 Å². The molecule has 4 heteroatoms. The van der Waals surface area contributed by atoms with E-state index in [2.05, 4.69) is 4.98 Å². The molecule has 4 nitrogen and oxygen atoms in total. The van der Waals surface area contributed by atoms with Crippen molar-refractivity contribution in [3.63, 3.8) is 0 Å². The van der Waals surface area contributed by atoms with Gasteiger partial charge in [-0.15, -0.1) is 0 Å². The standard InChI is InChI=1S/C12H13NO3/c14-10(5-7-1-2-7)8-3-4-9-11(6-8)16-12(15)13-9/h3-4,6-7,10,14H,1-2,5H2,(H,13,15). The molecular formula is C12H13NO3. The van der Waals surface area contributed by atoms with Gasteiger partial charge in [0.2, 0.25) is 0 Å². The lowest BCUT2D eigenvalue weighted by atomic mass is 10.0. The number of aromatic nitrogens is 1. The van der Waals surface area contributed by atoms with Gasteiger partial charge in [-0.1, -0.05) is 18.9 Å². The zero-order valence-corrected chi connectivity index (χ0v) is 8.77. The first kappa shape index (κ1) is 9.66. The van der Waals surface area contributed by atoms with Crippen molar-refractivity contribution in [2.75, 3.05) is 0 Å². The van der Waals surface area contributed by atoms with Crippen molar-refractivity contribution in [1.29, 1.82) is 0 Å². The van der Waals surface area contributed by atoms with Crippen LogP contribution in [0.5, 0.6) is 0 Å². The molecule has 0 aliphatic heterocycles. The number of aromatic amines is 1. The Morgan fingerprint density at radius 1 is 1.50 bits per heavy atom. The number of benzene rings is 1. The van der Waals surface area contributed by atoms with E-state index in [0.29, 0.717) is 17.0 Å². The van der Waals surface area contributed by atoms with Gasteiger partial charge in [0.15, 0.2) is 5.58 Å². The molecule has 0 radical (unpaired) electrons. The normalized spacial score (nSPS) is 17.8. The van der Waals surface area contributed by atoms with Crippen molar-refractivity contribution in [3.05, 3.63) is 34.3 Å². The summed E-state index contributed by atoms with van der Waals surface area (Å²) in [6.45, 7) is 0. The number of hydrogen-bond acceptors (Lipinski definition) is 3. The third-order valence-electron chi connectivity index (χ3n) is 3.08. The van der Waals surface area contributed by atoms with E-state index in [1.807, 2.05) is 6.07 Å². The zero-order chi connectivity index (χ0) is 11.1. The molecule has 0 amide bonds. The summed E-state index contributed by atoms with van der Waals surface area (Å²) in [5.41, 5.74) is 2.01. The Hall–Kier alpha value is -1.55. The topological polar surface area (TPSA) is 66.2 Å². The number of hydrogen-bond donors (Lipinski definition) is 2. The van der Waals surface area contributed by atoms with Crippen LogP contribution in [0.3, 0.4) is 0 Å². The van der Waals surface area contributed by atoms with Crippen molar-refractivity contribution in [3.8, 4) is 0 Å². The van der Waals surface area contributed by atoms with Crippen LogP contribution in [0.15, 0.2) is 27.4 Å². The van der Waals surface area contributed by atoms with Crippen molar-refractivity contribution in [2.24, 2.45) is 5.92 Å². The largest absolute Gasteiger partial charge is 0.417 e. The SMILES string of the molecule is O=c1[nH]c2ccc(C(O)CC3CC3)cc2o1. The van der Waals surface area contributed by atoms with Crippen LogP contribution < -0.4 is 5.76 Å². The van der Waals surface area contributed by atoms with Crippen LogP contribution in [0.1, 0.15) is 30.9 Å². The molecule has 1 unspecified atom stereocenters. The first-order valence-electron chi connectivity index (χ1n) is 5.53. The van der Waals surface area contributed by atoms with E-state index < -0.39 is 11.9 Å². The van der Waals surface area contributed by atoms with E-state index in [1.165, 1.54) is 12.8 Å². The summed E-state index contributed by atoms with van der Waals surface area (Å²) in [7, 11) is 0. The molecule has 0 saturated heterocycles. The Labute approximate surface area is 91.9 Å². The molecule has 1 heterocycles. The summed E-state index contributed by atoms with van der Waals surface area (Å²) in [5.74, 6) is 0.216. The zero-order valence-electron chi connectivity index (χ0n) is 8.77. The van der Waals surface area contributed by atoms with Crippen molar-refractivity contribution < 1.29 is 9.52 Å². The van der Waals surface area contributed by atoms with Gasteiger partial charge < -0.3 is 9.52 Å². The first-order valence-corrected chi connectivity index (χ1v) is 5.53. The van der Waals surface area contributed by atoms with Crippen LogP contribution in [-0.4, -0.2) is 10.1 Å². The maximum absolute atomic E-state index is 11.0. The van der Waals surface area contributed by atoms with Crippen molar-refractivity contribution in [1.82, 2.24) is 4.98 Å². The van der Waals surface area contributed by atoms with Gasteiger partial charge >= 0.3 is 5.76 Å². The highest BCUT2D eigenvalue weighted by Gasteiger charge is 2.25. The lowest BCUT2D eigenvalue weighted by molar-refractivity contribution is 0.160. The number of aliphatic hydroxyl groups excluding tert-OH is 1. The summed E-state index contributed by atoms with van der Waals surface area (Å²) in [5, 5.41) is 9.97. The molecule has 3 rings (SSSR count). The Bertz CT molecular complexity index is 565. The van der Waals surface area contributed by atoms with E-state index in [4.69, 9.17) is 4.42 Å². The molecule has 0 spiro atoms. The van der Waals surface area contributed by atoms with Gasteiger partial charge in [0.05, 0.1) is 11.6 Å². The van der Waals surface area contributed by atoms with Crippen molar-refractivity contribution >= 4 is 11.1 Å². The molecule has 1 aromatic heterocycles. The molecular weight excluding hydrogens is 206 g/mol. The fourth-order valence-electron chi connectivity index (χ4n) is 1.97. The average Bonchev–Trinajstić information content (AvgIpc) is 2.96. The lowest BCUT2D eigenvalue weighted by Gasteiger charge is -2.09. The quantitative estimate of drug-likeness (QED) is 0.829. The van der Waals surface area contributed by atoms with E-state index in [9.17, 15) is 9.90 Å². The number of oxazole rings is 1. The van der Waals surface area contributed by atoms with Gasteiger partial charge in [0.1, 0.15) is 0 Å². The van der Waals surface area contributed by atoms with E-state index in [0.717, 1.165) is 12.0 Å². The Kier molecular flexibility index (Phi) is 2.11. The van der Waals surface area contributed by atoms with E-state index in [1.54, 1.807) is 12.1 Å². The molecule has 0 bridgehead atoms. The highest BCUT2D eigenvalue weighted by atomic mass is 16.4. The Balaban J connectivity index is 1.93. The predicted octanol–water partition coefficient (Wildman–Crippen LogP) is 1.95. The molecule has 1 aliphatic rings. The van der Waals surface area contributed by atoms with Crippen molar-refractivity contribution in [2.45, 2.75) is 25.4 Å². The third kappa shape index (κ3) is 1.76. The second-order valence-corrected chi connectivity index (χ2v) is 4.46. The number of aliphatic hydroxyl groups is 1. The van der Waals surface area contributed by atoms with Gasteiger partial charge in [-0.25, -0.2) is 4.79 Å². The molecule has 84 valence electrons. The average molecular weight is 219 g/mol. The van der Waals surface area contributed by atoms with Gasteiger partial charge in [-0.05, 0) is 30.0 Å². The highest BCUT2D eigenvalue weighted by Crippen LogP contribution is 2.37. The minimum absolute atomic E-state index is 0.447. The Morgan fingerprint density at radius 2 is 2.31 bits per heavy atom. The summed E-state index contributed by atoms with van der Waals surface area (Å²) >= 11 is 0. The minimum Gasteiger partial charge on any atom is -0.408 e. The van der Waals surface area contributed by atoms with E-state index >= 15 is 0 Å². The Morgan fingerprint density at radius 3 is 3.06 bits per heavy atom. The van der Waals surface area contributed by atoms with E-state index in [-0.39, 0.29) is 0 Å².